The van der Waals surface area contributed by atoms with Crippen molar-refractivity contribution in [2.45, 2.75) is 37.6 Å². The number of carbonyl (C=O) groups excluding carboxylic acids is 1. The van der Waals surface area contributed by atoms with Crippen LogP contribution in [-0.4, -0.2) is 37.8 Å². The third-order valence-corrected chi connectivity index (χ3v) is 5.97. The van der Waals surface area contributed by atoms with Gasteiger partial charge in [0.05, 0.1) is 4.90 Å². The van der Waals surface area contributed by atoms with Gasteiger partial charge in [-0.15, -0.1) is 0 Å². The van der Waals surface area contributed by atoms with Crippen LogP contribution in [0.15, 0.2) is 29.2 Å². The molecule has 1 unspecified atom stereocenters. The normalized spacial score (nSPS) is 18.9. The lowest BCUT2D eigenvalue weighted by Crippen LogP contribution is -2.42. The van der Waals surface area contributed by atoms with E-state index in [-0.39, 0.29) is 16.8 Å². The number of amides is 1. The second-order valence-electron chi connectivity index (χ2n) is 5.81. The maximum atomic E-state index is 12.6. The monoisotopic (exact) mass is 325 g/mol. The molecular weight excluding hydrogens is 302 g/mol. The molecule has 122 valence electrons. The van der Waals surface area contributed by atoms with E-state index in [1.165, 1.54) is 23.4 Å². The number of carbonyl (C=O) groups is 1. The van der Waals surface area contributed by atoms with Crippen LogP contribution >= 0.6 is 0 Å². The van der Waals surface area contributed by atoms with Crippen LogP contribution in [-0.2, 0) is 14.8 Å². The van der Waals surface area contributed by atoms with E-state index in [1.807, 2.05) is 6.92 Å². The van der Waals surface area contributed by atoms with E-state index < -0.39 is 10.0 Å². The van der Waals surface area contributed by atoms with Crippen molar-refractivity contribution in [3.05, 3.63) is 24.3 Å². The zero-order chi connectivity index (χ0) is 16.3. The van der Waals surface area contributed by atoms with Gasteiger partial charge in [0.1, 0.15) is 0 Å². The van der Waals surface area contributed by atoms with Gasteiger partial charge in [-0.3, -0.25) is 4.79 Å². The van der Waals surface area contributed by atoms with Crippen LogP contribution in [0.5, 0.6) is 0 Å². The van der Waals surface area contributed by atoms with E-state index in [0.29, 0.717) is 24.7 Å². The molecule has 7 heteroatoms. The number of piperidine rings is 1. The Kier molecular flexibility index (Phi) is 5.20. The van der Waals surface area contributed by atoms with Crippen molar-refractivity contribution < 1.29 is 13.2 Å². The summed E-state index contributed by atoms with van der Waals surface area (Å²) in [5.41, 5.74) is 6.47. The molecule has 1 saturated heterocycles. The second-order valence-corrected chi connectivity index (χ2v) is 7.74. The Morgan fingerprint density at radius 3 is 2.27 bits per heavy atom. The number of anilines is 1. The average Bonchev–Trinajstić information content (AvgIpc) is 2.47. The van der Waals surface area contributed by atoms with Gasteiger partial charge in [-0.2, -0.15) is 4.31 Å². The molecule has 0 aliphatic carbocycles. The van der Waals surface area contributed by atoms with Gasteiger partial charge in [0.25, 0.3) is 0 Å². The first-order chi connectivity index (χ1) is 10.3. The summed E-state index contributed by atoms with van der Waals surface area (Å²) < 4.78 is 26.7. The van der Waals surface area contributed by atoms with Gasteiger partial charge < -0.3 is 11.1 Å². The molecule has 1 aromatic carbocycles. The van der Waals surface area contributed by atoms with Crippen LogP contribution in [0, 0.1) is 5.92 Å². The molecule has 1 amide bonds. The van der Waals surface area contributed by atoms with Crippen molar-refractivity contribution >= 4 is 21.6 Å². The topological polar surface area (TPSA) is 92.5 Å². The standard InChI is InChI=1S/C15H23N3O3S/c1-11(16)13-7-9-18(10-8-13)22(20,21)15-5-3-14(4-6-15)17-12(2)19/h3-6,11,13H,7-10,16H2,1-2H3,(H,17,19). The number of benzene rings is 1. The number of hydrogen-bond acceptors (Lipinski definition) is 4. The Hall–Kier alpha value is -1.44. The van der Waals surface area contributed by atoms with Crippen LogP contribution in [0.3, 0.4) is 0 Å². The minimum atomic E-state index is -3.48. The number of nitrogens with two attached hydrogens (primary N) is 1. The smallest absolute Gasteiger partial charge is 0.243 e. The highest BCUT2D eigenvalue weighted by molar-refractivity contribution is 7.89. The van der Waals surface area contributed by atoms with Gasteiger partial charge in [-0.05, 0) is 49.9 Å². The molecule has 0 radical (unpaired) electrons. The molecule has 1 aliphatic heterocycles. The molecule has 1 fully saturated rings. The van der Waals surface area contributed by atoms with Crippen molar-refractivity contribution in [3.8, 4) is 0 Å². The first-order valence-corrected chi connectivity index (χ1v) is 8.88. The van der Waals surface area contributed by atoms with Crippen molar-refractivity contribution in [2.75, 3.05) is 18.4 Å². The summed E-state index contributed by atoms with van der Waals surface area (Å²) in [4.78, 5) is 11.2. The van der Waals surface area contributed by atoms with E-state index in [2.05, 4.69) is 5.32 Å². The molecule has 0 saturated carbocycles. The third kappa shape index (κ3) is 3.85. The van der Waals surface area contributed by atoms with Crippen LogP contribution < -0.4 is 11.1 Å². The highest BCUT2D eigenvalue weighted by atomic mass is 32.2. The van der Waals surface area contributed by atoms with Crippen LogP contribution in [0.4, 0.5) is 5.69 Å². The number of sulfonamides is 1. The lowest BCUT2D eigenvalue weighted by atomic mass is 9.92. The summed E-state index contributed by atoms with van der Waals surface area (Å²) in [5, 5.41) is 2.62. The maximum absolute atomic E-state index is 12.6. The molecule has 1 heterocycles. The quantitative estimate of drug-likeness (QED) is 0.875. The lowest BCUT2D eigenvalue weighted by Gasteiger charge is -2.32. The first-order valence-electron chi connectivity index (χ1n) is 7.44. The van der Waals surface area contributed by atoms with Crippen molar-refractivity contribution in [1.29, 1.82) is 0 Å². The van der Waals surface area contributed by atoms with E-state index >= 15 is 0 Å². The highest BCUT2D eigenvalue weighted by Gasteiger charge is 2.30. The van der Waals surface area contributed by atoms with Crippen molar-refractivity contribution in [1.82, 2.24) is 4.31 Å². The molecule has 3 N–H and O–H groups in total. The van der Waals surface area contributed by atoms with E-state index in [4.69, 9.17) is 5.73 Å². The zero-order valence-corrected chi connectivity index (χ0v) is 13.8. The number of nitrogens with zero attached hydrogens (tertiary/aromatic N) is 1. The summed E-state index contributed by atoms with van der Waals surface area (Å²) in [5.74, 6) is 0.196. The van der Waals surface area contributed by atoms with Gasteiger partial charge >= 0.3 is 0 Å². The third-order valence-electron chi connectivity index (χ3n) is 4.05. The van der Waals surface area contributed by atoms with Gasteiger partial charge in [0.2, 0.25) is 15.9 Å². The molecule has 0 bridgehead atoms. The summed E-state index contributed by atoms with van der Waals surface area (Å²) in [6.45, 7) is 4.38. The fourth-order valence-electron chi connectivity index (χ4n) is 2.70. The summed E-state index contributed by atoms with van der Waals surface area (Å²) >= 11 is 0. The van der Waals surface area contributed by atoms with Crippen molar-refractivity contribution in [3.63, 3.8) is 0 Å². The molecule has 1 atom stereocenters. The molecule has 1 aromatic rings. The Morgan fingerprint density at radius 2 is 1.82 bits per heavy atom. The number of nitrogens with one attached hydrogen (secondary N) is 1. The van der Waals surface area contributed by atoms with Crippen LogP contribution in [0.1, 0.15) is 26.7 Å². The Bertz CT molecular complexity index is 618. The van der Waals surface area contributed by atoms with Gasteiger partial charge in [-0.25, -0.2) is 8.42 Å². The fraction of sp³-hybridized carbons (Fsp3) is 0.533. The minimum Gasteiger partial charge on any atom is -0.328 e. The van der Waals surface area contributed by atoms with Crippen LogP contribution in [0.25, 0.3) is 0 Å². The van der Waals surface area contributed by atoms with Gasteiger partial charge in [0, 0.05) is 31.7 Å². The molecular formula is C15H23N3O3S. The van der Waals surface area contributed by atoms with Gasteiger partial charge in [0.15, 0.2) is 0 Å². The Balaban J connectivity index is 2.09. The second kappa shape index (κ2) is 6.76. The number of hydrogen-bond donors (Lipinski definition) is 2. The lowest BCUT2D eigenvalue weighted by molar-refractivity contribution is -0.114. The Labute approximate surface area is 131 Å². The molecule has 22 heavy (non-hydrogen) atoms. The number of rotatable bonds is 4. The van der Waals surface area contributed by atoms with E-state index in [0.717, 1.165) is 12.8 Å². The highest BCUT2D eigenvalue weighted by Crippen LogP contribution is 2.25. The average molecular weight is 325 g/mol. The molecule has 0 aromatic heterocycles. The van der Waals surface area contributed by atoms with E-state index in [1.54, 1.807) is 12.1 Å². The minimum absolute atomic E-state index is 0.0989. The predicted molar refractivity (Wildman–Crippen MR) is 85.9 cm³/mol. The molecule has 6 nitrogen and oxygen atoms in total. The first kappa shape index (κ1) is 16.9. The van der Waals surface area contributed by atoms with Crippen LogP contribution in [0.2, 0.25) is 0 Å². The summed E-state index contributed by atoms with van der Waals surface area (Å²) in [7, 11) is -3.48. The fourth-order valence-corrected chi connectivity index (χ4v) is 4.17. The molecule has 1 aliphatic rings. The predicted octanol–water partition coefficient (Wildman–Crippen LogP) is 1.39. The maximum Gasteiger partial charge on any atom is 0.243 e. The van der Waals surface area contributed by atoms with E-state index in [9.17, 15) is 13.2 Å². The summed E-state index contributed by atoms with van der Waals surface area (Å²) in [6, 6.07) is 6.35. The Morgan fingerprint density at radius 1 is 1.27 bits per heavy atom. The SMILES string of the molecule is CC(=O)Nc1ccc(S(=O)(=O)N2CCC(C(C)N)CC2)cc1. The van der Waals surface area contributed by atoms with Crippen molar-refractivity contribution in [2.24, 2.45) is 11.7 Å². The largest absolute Gasteiger partial charge is 0.328 e. The molecule has 0 spiro atoms. The van der Waals surface area contributed by atoms with Gasteiger partial charge in [-0.1, -0.05) is 0 Å². The zero-order valence-electron chi connectivity index (χ0n) is 13.0. The summed E-state index contributed by atoms with van der Waals surface area (Å²) in [6.07, 6.45) is 1.59. The molecule has 2 rings (SSSR count).